The van der Waals surface area contributed by atoms with Crippen molar-refractivity contribution in [2.75, 3.05) is 0 Å². The molecule has 0 spiro atoms. The van der Waals surface area contributed by atoms with E-state index in [-0.39, 0.29) is 10.9 Å². The van der Waals surface area contributed by atoms with Crippen LogP contribution < -0.4 is 0 Å². The molecule has 0 aromatic carbocycles. The maximum atomic E-state index is 11.1. The highest BCUT2D eigenvalue weighted by molar-refractivity contribution is 8.13. The third kappa shape index (κ3) is 2.09. The van der Waals surface area contributed by atoms with Crippen LogP contribution in [-0.2, 0) is 9.05 Å². The van der Waals surface area contributed by atoms with E-state index in [1.165, 1.54) is 6.20 Å². The van der Waals surface area contributed by atoms with E-state index in [0.29, 0.717) is 5.69 Å². The van der Waals surface area contributed by atoms with Gasteiger partial charge in [0.2, 0.25) is 0 Å². The molecule has 6 heteroatoms. The van der Waals surface area contributed by atoms with Gasteiger partial charge in [0.1, 0.15) is 4.90 Å². The Morgan fingerprint density at radius 1 is 1.64 bits per heavy atom. The first-order valence-corrected chi connectivity index (χ1v) is 6.67. The molecule has 80 valence electrons. The molecular weight excluding hydrogens is 224 g/mol. The molecule has 1 atom stereocenters. The third-order valence-electron chi connectivity index (χ3n) is 2.27. The molecule has 1 aromatic heterocycles. The van der Waals surface area contributed by atoms with Crippen molar-refractivity contribution in [3.63, 3.8) is 0 Å². The largest absolute Gasteiger partial charge is 0.266 e. The molecule has 0 radical (unpaired) electrons. The van der Waals surface area contributed by atoms with Gasteiger partial charge in [0, 0.05) is 16.7 Å². The summed E-state index contributed by atoms with van der Waals surface area (Å²) in [5.41, 5.74) is 0.592. The third-order valence-corrected chi connectivity index (χ3v) is 3.70. The molecule has 0 unspecified atom stereocenters. The van der Waals surface area contributed by atoms with Crippen molar-refractivity contribution in [2.24, 2.45) is 0 Å². The average Bonchev–Trinajstić information content (AvgIpc) is 2.45. The van der Waals surface area contributed by atoms with Crippen LogP contribution in [0.25, 0.3) is 0 Å². The van der Waals surface area contributed by atoms with Gasteiger partial charge in [-0.2, -0.15) is 5.10 Å². The molecule has 4 nitrogen and oxygen atoms in total. The average molecular weight is 237 g/mol. The number of hydrogen-bond acceptors (Lipinski definition) is 3. The molecule has 1 rings (SSSR count). The summed E-state index contributed by atoms with van der Waals surface area (Å²) in [4.78, 5) is 0.0967. The molecule has 0 aliphatic rings. The van der Waals surface area contributed by atoms with Gasteiger partial charge in [0.15, 0.2) is 0 Å². The Balaban J connectivity index is 3.22. The Kier molecular flexibility index (Phi) is 3.21. The molecule has 0 fully saturated rings. The molecule has 0 aliphatic carbocycles. The van der Waals surface area contributed by atoms with Crippen LogP contribution in [0.4, 0.5) is 0 Å². The van der Waals surface area contributed by atoms with Crippen molar-refractivity contribution in [1.82, 2.24) is 9.78 Å². The SMILES string of the molecule is CC[C@@H](C)n1ncc(S(=O)(=O)Cl)c1C. The normalized spacial score (nSPS) is 14.3. The lowest BCUT2D eigenvalue weighted by atomic mass is 10.2. The number of nitrogens with zero attached hydrogens (tertiary/aromatic N) is 2. The van der Waals surface area contributed by atoms with E-state index < -0.39 is 9.05 Å². The fourth-order valence-electron chi connectivity index (χ4n) is 1.26. The summed E-state index contributed by atoms with van der Waals surface area (Å²) in [6.07, 6.45) is 2.19. The van der Waals surface area contributed by atoms with Crippen molar-refractivity contribution < 1.29 is 8.42 Å². The molecule has 1 heterocycles. The fourth-order valence-corrected chi connectivity index (χ4v) is 2.34. The fraction of sp³-hybridized carbons (Fsp3) is 0.625. The quantitative estimate of drug-likeness (QED) is 0.756. The first-order valence-electron chi connectivity index (χ1n) is 4.36. The second-order valence-corrected chi connectivity index (χ2v) is 5.77. The Morgan fingerprint density at radius 2 is 2.21 bits per heavy atom. The van der Waals surface area contributed by atoms with Crippen molar-refractivity contribution in [1.29, 1.82) is 0 Å². The van der Waals surface area contributed by atoms with Crippen LogP contribution in [0.15, 0.2) is 11.1 Å². The first kappa shape index (κ1) is 11.5. The van der Waals surface area contributed by atoms with Crippen LogP contribution in [-0.4, -0.2) is 18.2 Å². The Morgan fingerprint density at radius 3 is 2.57 bits per heavy atom. The summed E-state index contributed by atoms with van der Waals surface area (Å²) < 4.78 is 23.9. The Bertz CT molecular complexity index is 425. The lowest BCUT2D eigenvalue weighted by Gasteiger charge is -2.11. The highest BCUT2D eigenvalue weighted by Gasteiger charge is 2.19. The number of aromatic nitrogens is 2. The van der Waals surface area contributed by atoms with Crippen LogP contribution in [0.2, 0.25) is 0 Å². The predicted octanol–water partition coefficient (Wildman–Crippen LogP) is 2.09. The first-order chi connectivity index (χ1) is 6.38. The summed E-state index contributed by atoms with van der Waals surface area (Å²) >= 11 is 0. The van der Waals surface area contributed by atoms with Crippen LogP contribution in [0.1, 0.15) is 32.0 Å². The van der Waals surface area contributed by atoms with Gasteiger partial charge in [-0.25, -0.2) is 8.42 Å². The van der Waals surface area contributed by atoms with Crippen LogP contribution in [0.3, 0.4) is 0 Å². The topological polar surface area (TPSA) is 52.0 Å². The Labute approximate surface area is 88.3 Å². The van der Waals surface area contributed by atoms with Crippen molar-refractivity contribution >= 4 is 19.7 Å². The van der Waals surface area contributed by atoms with E-state index in [9.17, 15) is 8.42 Å². The van der Waals surface area contributed by atoms with E-state index in [1.54, 1.807) is 11.6 Å². The minimum atomic E-state index is -3.67. The van der Waals surface area contributed by atoms with Crippen LogP contribution in [0.5, 0.6) is 0 Å². The van der Waals surface area contributed by atoms with E-state index >= 15 is 0 Å². The van der Waals surface area contributed by atoms with Gasteiger partial charge in [-0.15, -0.1) is 0 Å². The zero-order chi connectivity index (χ0) is 10.9. The van der Waals surface area contributed by atoms with E-state index in [2.05, 4.69) is 5.10 Å². The zero-order valence-corrected chi connectivity index (χ0v) is 9.93. The summed E-state index contributed by atoms with van der Waals surface area (Å²) in [6.45, 7) is 5.69. The molecule has 0 amide bonds. The van der Waals surface area contributed by atoms with Gasteiger partial charge in [0.25, 0.3) is 9.05 Å². The molecule has 0 N–H and O–H groups in total. The zero-order valence-electron chi connectivity index (χ0n) is 8.36. The summed E-state index contributed by atoms with van der Waals surface area (Å²) in [5, 5.41) is 4.01. The van der Waals surface area contributed by atoms with Gasteiger partial charge in [-0.1, -0.05) is 6.92 Å². The Hall–Kier alpha value is -0.550. The van der Waals surface area contributed by atoms with E-state index in [0.717, 1.165) is 6.42 Å². The van der Waals surface area contributed by atoms with Gasteiger partial charge in [-0.3, -0.25) is 4.68 Å². The molecule has 0 aliphatic heterocycles. The highest BCUT2D eigenvalue weighted by atomic mass is 35.7. The minimum Gasteiger partial charge on any atom is -0.266 e. The summed E-state index contributed by atoms with van der Waals surface area (Å²) in [5.74, 6) is 0. The smallest absolute Gasteiger partial charge is 0.264 e. The molecule has 0 saturated carbocycles. The van der Waals surface area contributed by atoms with Crippen molar-refractivity contribution in [3.05, 3.63) is 11.9 Å². The lowest BCUT2D eigenvalue weighted by molar-refractivity contribution is 0.466. The van der Waals surface area contributed by atoms with Crippen LogP contribution in [0, 0.1) is 6.92 Å². The van der Waals surface area contributed by atoms with Gasteiger partial charge in [0.05, 0.1) is 11.9 Å². The molecule has 0 bridgehead atoms. The lowest BCUT2D eigenvalue weighted by Crippen LogP contribution is -2.08. The standard InChI is InChI=1S/C8H13ClN2O2S/c1-4-6(2)11-7(3)8(5-10-11)14(9,12)13/h5-6H,4H2,1-3H3/t6-/m1/s1. The number of hydrogen-bond donors (Lipinski definition) is 0. The monoisotopic (exact) mass is 236 g/mol. The number of halogens is 1. The second kappa shape index (κ2) is 3.90. The number of rotatable bonds is 3. The molecule has 0 saturated heterocycles. The molecule has 1 aromatic rings. The van der Waals surface area contributed by atoms with E-state index in [1.807, 2.05) is 13.8 Å². The van der Waals surface area contributed by atoms with Gasteiger partial charge in [-0.05, 0) is 20.3 Å². The van der Waals surface area contributed by atoms with E-state index in [4.69, 9.17) is 10.7 Å². The molecular formula is C8H13ClN2O2S. The van der Waals surface area contributed by atoms with Crippen LogP contribution >= 0.6 is 10.7 Å². The van der Waals surface area contributed by atoms with Gasteiger partial charge < -0.3 is 0 Å². The molecule has 14 heavy (non-hydrogen) atoms. The predicted molar refractivity (Wildman–Crippen MR) is 55.0 cm³/mol. The summed E-state index contributed by atoms with van der Waals surface area (Å²) in [7, 11) is 1.58. The van der Waals surface area contributed by atoms with Gasteiger partial charge >= 0.3 is 0 Å². The summed E-state index contributed by atoms with van der Waals surface area (Å²) in [6, 6.07) is 0.183. The van der Waals surface area contributed by atoms with Crippen molar-refractivity contribution in [2.45, 2.75) is 38.1 Å². The van der Waals surface area contributed by atoms with Crippen molar-refractivity contribution in [3.8, 4) is 0 Å². The maximum absolute atomic E-state index is 11.1. The maximum Gasteiger partial charge on any atom is 0.264 e. The highest BCUT2D eigenvalue weighted by Crippen LogP contribution is 2.22. The minimum absolute atomic E-state index is 0.0967. The second-order valence-electron chi connectivity index (χ2n) is 3.23.